The van der Waals surface area contributed by atoms with Gasteiger partial charge < -0.3 is 5.32 Å². The number of carbonyl (C=O) groups excluding carboxylic acids is 1. The van der Waals surface area contributed by atoms with Crippen molar-refractivity contribution in [1.29, 1.82) is 0 Å². The topological polar surface area (TPSA) is 32.3 Å². The maximum absolute atomic E-state index is 12.4. The minimum absolute atomic E-state index is 0.0369. The Bertz CT molecular complexity index is 959. The van der Waals surface area contributed by atoms with Gasteiger partial charge in [0, 0.05) is 31.2 Å². The molecular weight excluding hydrogens is 356 g/mol. The van der Waals surface area contributed by atoms with Crippen LogP contribution in [-0.4, -0.2) is 29.9 Å². The molecule has 1 aliphatic rings. The van der Waals surface area contributed by atoms with Crippen LogP contribution in [0.5, 0.6) is 0 Å². The molecule has 3 heteroatoms. The Morgan fingerprint density at radius 3 is 2.31 bits per heavy atom. The van der Waals surface area contributed by atoms with Gasteiger partial charge in [-0.2, -0.15) is 0 Å². The SMILES string of the molecule is Cc1cccc(-c2cccc(CN3CCC(NC(=O)c4ccccc4)CC3)c2)c1. The average Bonchev–Trinajstić information content (AvgIpc) is 2.76. The monoisotopic (exact) mass is 384 g/mol. The summed E-state index contributed by atoms with van der Waals surface area (Å²) in [7, 11) is 0. The Kier molecular flexibility index (Phi) is 6.06. The molecule has 0 aliphatic carbocycles. The molecule has 1 heterocycles. The van der Waals surface area contributed by atoms with Crippen LogP contribution in [0.25, 0.3) is 11.1 Å². The number of benzene rings is 3. The van der Waals surface area contributed by atoms with Crippen molar-refractivity contribution < 1.29 is 4.79 Å². The molecule has 1 N–H and O–H groups in total. The fourth-order valence-corrected chi connectivity index (χ4v) is 4.03. The van der Waals surface area contributed by atoms with E-state index in [1.807, 2.05) is 30.3 Å². The van der Waals surface area contributed by atoms with E-state index < -0.39 is 0 Å². The summed E-state index contributed by atoms with van der Waals surface area (Å²) in [5.74, 6) is 0.0369. The van der Waals surface area contributed by atoms with Gasteiger partial charge in [0.05, 0.1) is 0 Å². The second-order valence-electron chi connectivity index (χ2n) is 7.96. The lowest BCUT2D eigenvalue weighted by Crippen LogP contribution is -2.44. The Morgan fingerprint density at radius 1 is 0.897 bits per heavy atom. The minimum Gasteiger partial charge on any atom is -0.349 e. The second-order valence-corrected chi connectivity index (χ2v) is 7.96. The van der Waals surface area contributed by atoms with E-state index in [4.69, 9.17) is 0 Å². The molecule has 1 amide bonds. The molecule has 3 aromatic carbocycles. The van der Waals surface area contributed by atoms with Crippen LogP contribution in [0.15, 0.2) is 78.9 Å². The summed E-state index contributed by atoms with van der Waals surface area (Å²) in [6.45, 7) is 5.11. The normalized spacial score (nSPS) is 15.2. The quantitative estimate of drug-likeness (QED) is 0.667. The molecule has 1 fully saturated rings. The third-order valence-corrected chi connectivity index (χ3v) is 5.64. The van der Waals surface area contributed by atoms with Gasteiger partial charge in [-0.3, -0.25) is 9.69 Å². The van der Waals surface area contributed by atoms with Crippen molar-refractivity contribution in [3.05, 3.63) is 95.6 Å². The summed E-state index contributed by atoms with van der Waals surface area (Å²) in [5, 5.41) is 3.19. The molecule has 1 saturated heterocycles. The largest absolute Gasteiger partial charge is 0.349 e. The number of amides is 1. The van der Waals surface area contributed by atoms with E-state index >= 15 is 0 Å². The van der Waals surface area contributed by atoms with Gasteiger partial charge in [0.1, 0.15) is 0 Å². The lowest BCUT2D eigenvalue weighted by Gasteiger charge is -2.32. The van der Waals surface area contributed by atoms with E-state index in [2.05, 4.69) is 65.7 Å². The van der Waals surface area contributed by atoms with E-state index in [1.54, 1.807) is 0 Å². The first-order valence-electron chi connectivity index (χ1n) is 10.4. The number of carbonyl (C=O) groups is 1. The van der Waals surface area contributed by atoms with Gasteiger partial charge in [-0.25, -0.2) is 0 Å². The van der Waals surface area contributed by atoms with E-state index in [1.165, 1.54) is 22.3 Å². The van der Waals surface area contributed by atoms with Gasteiger partial charge in [0.2, 0.25) is 0 Å². The molecule has 0 aromatic heterocycles. The molecule has 29 heavy (non-hydrogen) atoms. The highest BCUT2D eigenvalue weighted by Gasteiger charge is 2.21. The molecule has 148 valence electrons. The number of hydrogen-bond acceptors (Lipinski definition) is 2. The minimum atomic E-state index is 0.0369. The molecule has 0 bridgehead atoms. The van der Waals surface area contributed by atoms with Crippen molar-refractivity contribution in [3.8, 4) is 11.1 Å². The number of aryl methyl sites for hydroxylation is 1. The molecule has 0 radical (unpaired) electrons. The first-order chi connectivity index (χ1) is 14.2. The fraction of sp³-hybridized carbons (Fsp3) is 0.269. The summed E-state index contributed by atoms with van der Waals surface area (Å²) in [4.78, 5) is 14.8. The van der Waals surface area contributed by atoms with E-state index in [0.29, 0.717) is 0 Å². The summed E-state index contributed by atoms with van der Waals surface area (Å²) in [5.41, 5.74) is 5.91. The lowest BCUT2D eigenvalue weighted by atomic mass is 10.00. The molecule has 1 aliphatic heterocycles. The predicted octanol–water partition coefficient (Wildman–Crippen LogP) is 5.06. The smallest absolute Gasteiger partial charge is 0.251 e. The highest BCUT2D eigenvalue weighted by Crippen LogP contribution is 2.23. The zero-order valence-corrected chi connectivity index (χ0v) is 17.0. The highest BCUT2D eigenvalue weighted by molar-refractivity contribution is 5.94. The van der Waals surface area contributed by atoms with E-state index in [-0.39, 0.29) is 11.9 Å². The van der Waals surface area contributed by atoms with Crippen molar-refractivity contribution in [3.63, 3.8) is 0 Å². The third kappa shape index (κ3) is 5.12. The molecule has 3 nitrogen and oxygen atoms in total. The summed E-state index contributed by atoms with van der Waals surface area (Å²) >= 11 is 0. The van der Waals surface area contributed by atoms with Gasteiger partial charge in [-0.15, -0.1) is 0 Å². The van der Waals surface area contributed by atoms with Crippen LogP contribution in [0.1, 0.15) is 34.3 Å². The maximum atomic E-state index is 12.4. The Balaban J connectivity index is 1.32. The zero-order valence-electron chi connectivity index (χ0n) is 17.0. The fourth-order valence-electron chi connectivity index (χ4n) is 4.03. The first-order valence-corrected chi connectivity index (χ1v) is 10.4. The number of rotatable bonds is 5. The van der Waals surface area contributed by atoms with Crippen LogP contribution < -0.4 is 5.32 Å². The average molecular weight is 385 g/mol. The summed E-state index contributed by atoms with van der Waals surface area (Å²) < 4.78 is 0. The number of nitrogens with zero attached hydrogens (tertiary/aromatic N) is 1. The number of hydrogen-bond donors (Lipinski definition) is 1. The molecule has 0 saturated carbocycles. The molecule has 0 atom stereocenters. The molecule has 0 unspecified atom stereocenters. The van der Waals surface area contributed by atoms with Crippen LogP contribution in [0.2, 0.25) is 0 Å². The zero-order chi connectivity index (χ0) is 20.1. The van der Waals surface area contributed by atoms with Gasteiger partial charge in [-0.05, 0) is 54.7 Å². The molecular formula is C26H28N2O. The first kappa shape index (κ1) is 19.4. The Labute approximate surface area is 173 Å². The van der Waals surface area contributed by atoms with Gasteiger partial charge in [0.15, 0.2) is 0 Å². The van der Waals surface area contributed by atoms with E-state index in [0.717, 1.165) is 38.0 Å². The van der Waals surface area contributed by atoms with Crippen molar-refractivity contribution in [2.75, 3.05) is 13.1 Å². The van der Waals surface area contributed by atoms with Crippen molar-refractivity contribution in [2.24, 2.45) is 0 Å². The highest BCUT2D eigenvalue weighted by atomic mass is 16.1. The van der Waals surface area contributed by atoms with Crippen molar-refractivity contribution in [1.82, 2.24) is 10.2 Å². The van der Waals surface area contributed by atoms with Crippen LogP contribution in [-0.2, 0) is 6.54 Å². The van der Waals surface area contributed by atoms with Gasteiger partial charge in [-0.1, -0.05) is 66.2 Å². The molecule has 4 rings (SSSR count). The van der Waals surface area contributed by atoms with Gasteiger partial charge in [0.25, 0.3) is 5.91 Å². The summed E-state index contributed by atoms with van der Waals surface area (Å²) in [6.07, 6.45) is 1.99. The predicted molar refractivity (Wildman–Crippen MR) is 119 cm³/mol. The molecule has 0 spiro atoms. The summed E-state index contributed by atoms with van der Waals surface area (Å²) in [6, 6.07) is 27.3. The van der Waals surface area contributed by atoms with E-state index in [9.17, 15) is 4.79 Å². The maximum Gasteiger partial charge on any atom is 0.251 e. The third-order valence-electron chi connectivity index (χ3n) is 5.64. The number of likely N-dealkylation sites (tertiary alicyclic amines) is 1. The van der Waals surface area contributed by atoms with Crippen LogP contribution in [0.4, 0.5) is 0 Å². The second kappa shape index (κ2) is 9.06. The number of nitrogens with one attached hydrogen (secondary N) is 1. The Hall–Kier alpha value is -2.91. The van der Waals surface area contributed by atoms with Crippen LogP contribution in [0.3, 0.4) is 0 Å². The molecule has 3 aromatic rings. The van der Waals surface area contributed by atoms with Crippen molar-refractivity contribution in [2.45, 2.75) is 32.4 Å². The number of piperidine rings is 1. The Morgan fingerprint density at radius 2 is 1.59 bits per heavy atom. The van der Waals surface area contributed by atoms with Crippen molar-refractivity contribution >= 4 is 5.91 Å². The van der Waals surface area contributed by atoms with Crippen LogP contribution in [0, 0.1) is 6.92 Å². The standard InChI is InChI=1S/C26H28N2O/c1-20-7-5-11-23(17-20)24-12-6-8-21(18-24)19-28-15-13-25(14-16-28)27-26(29)22-9-3-2-4-10-22/h2-12,17-18,25H,13-16,19H2,1H3,(H,27,29). The lowest BCUT2D eigenvalue weighted by molar-refractivity contribution is 0.0909. The van der Waals surface area contributed by atoms with Crippen LogP contribution >= 0.6 is 0 Å². The van der Waals surface area contributed by atoms with Gasteiger partial charge >= 0.3 is 0 Å².